The Morgan fingerprint density at radius 1 is 1.16 bits per heavy atom. The summed E-state index contributed by atoms with van der Waals surface area (Å²) in [6.45, 7) is 4.31. The van der Waals surface area contributed by atoms with E-state index in [1.165, 1.54) is 4.68 Å². The molecule has 3 aromatic carbocycles. The minimum atomic E-state index is -0.975. The van der Waals surface area contributed by atoms with E-state index in [0.717, 1.165) is 22.1 Å². The predicted octanol–water partition coefficient (Wildman–Crippen LogP) is 5.90. The minimum Gasteiger partial charge on any atom is -0.488 e. The number of carbonyl (C=O) groups is 1. The average Bonchev–Trinajstić information content (AvgIpc) is 2.91. The molecule has 9 heteroatoms. The van der Waals surface area contributed by atoms with Gasteiger partial charge in [-0.3, -0.25) is 4.79 Å². The number of halogens is 1. The lowest BCUT2D eigenvalue weighted by Crippen LogP contribution is -2.23. The highest BCUT2D eigenvalue weighted by Gasteiger charge is 2.16. The van der Waals surface area contributed by atoms with Crippen LogP contribution < -0.4 is 15.2 Å². The zero-order chi connectivity index (χ0) is 27.4. The number of nitrogens with zero attached hydrogens (tertiary/aromatic N) is 4. The molecular weight excluding hydrogens is 548 g/mol. The van der Waals surface area contributed by atoms with Crippen LogP contribution >= 0.6 is 15.9 Å². The van der Waals surface area contributed by atoms with Crippen molar-refractivity contribution in [3.8, 4) is 5.75 Å². The van der Waals surface area contributed by atoms with E-state index < -0.39 is 5.97 Å². The second-order valence-corrected chi connectivity index (χ2v) is 10.1. The Balaban J connectivity index is 1.73. The molecule has 1 heterocycles. The first-order chi connectivity index (χ1) is 18.2. The first-order valence-corrected chi connectivity index (χ1v) is 13.0. The summed E-state index contributed by atoms with van der Waals surface area (Å²) in [5, 5.41) is 14.2. The molecule has 0 saturated carbocycles. The predicted molar refractivity (Wildman–Crippen MR) is 154 cm³/mol. The number of hydrogen-bond acceptors (Lipinski definition) is 6. The van der Waals surface area contributed by atoms with Crippen LogP contribution in [0, 0.1) is 0 Å². The smallest absolute Gasteiger partial charge is 0.335 e. The third-order valence-corrected chi connectivity index (χ3v) is 6.80. The van der Waals surface area contributed by atoms with Crippen molar-refractivity contribution in [3.05, 3.63) is 98.0 Å². The molecule has 0 aliphatic carbocycles. The number of ether oxygens (including phenoxy) is 1. The van der Waals surface area contributed by atoms with Gasteiger partial charge in [-0.2, -0.15) is 9.78 Å². The Morgan fingerprint density at radius 2 is 1.89 bits per heavy atom. The topological polar surface area (TPSA) is 97.0 Å². The van der Waals surface area contributed by atoms with Gasteiger partial charge in [-0.05, 0) is 54.4 Å². The molecular formula is C29H29BrN4O4. The summed E-state index contributed by atoms with van der Waals surface area (Å²) in [4.78, 5) is 31.3. The maximum atomic E-state index is 13.5. The molecule has 0 unspecified atom stereocenters. The van der Waals surface area contributed by atoms with E-state index in [9.17, 15) is 9.59 Å². The van der Waals surface area contributed by atoms with E-state index >= 15 is 0 Å². The Labute approximate surface area is 229 Å². The van der Waals surface area contributed by atoms with Crippen LogP contribution in [0.25, 0.3) is 10.9 Å². The van der Waals surface area contributed by atoms with Crippen LogP contribution in [0.3, 0.4) is 0 Å². The van der Waals surface area contributed by atoms with Crippen LogP contribution in [-0.2, 0) is 6.61 Å². The number of aromatic nitrogens is 2. The van der Waals surface area contributed by atoms with E-state index in [0.29, 0.717) is 28.0 Å². The largest absolute Gasteiger partial charge is 0.488 e. The lowest BCUT2D eigenvalue weighted by Gasteiger charge is -2.17. The van der Waals surface area contributed by atoms with Crippen molar-refractivity contribution in [3.63, 3.8) is 0 Å². The molecule has 1 atom stereocenters. The zero-order valence-electron chi connectivity index (χ0n) is 21.7. The van der Waals surface area contributed by atoms with E-state index in [2.05, 4.69) is 21.0 Å². The summed E-state index contributed by atoms with van der Waals surface area (Å²) in [7, 11) is 3.88. The summed E-state index contributed by atoms with van der Waals surface area (Å²) in [5.74, 6) is 0.220. The number of benzene rings is 3. The van der Waals surface area contributed by atoms with E-state index in [1.807, 2.05) is 63.2 Å². The van der Waals surface area contributed by atoms with Gasteiger partial charge in [0.25, 0.3) is 5.56 Å². The Bertz CT molecular complexity index is 1560. The highest BCUT2D eigenvalue weighted by atomic mass is 79.9. The first-order valence-electron chi connectivity index (χ1n) is 12.2. The molecule has 0 bridgehead atoms. The Kier molecular flexibility index (Phi) is 8.26. The first kappa shape index (κ1) is 27.1. The SMILES string of the molecule is CC[C@@H](C)c1nc2ccc(Br)cc2c(=O)n1N=Cc1ccc(N(C)C)cc1OCc1ccc(C(=O)O)cc1. The van der Waals surface area contributed by atoms with Crippen LogP contribution in [0.2, 0.25) is 0 Å². The van der Waals surface area contributed by atoms with Crippen LogP contribution in [-0.4, -0.2) is 41.0 Å². The van der Waals surface area contributed by atoms with Crippen molar-refractivity contribution in [1.29, 1.82) is 0 Å². The number of hydrogen-bond donors (Lipinski definition) is 1. The number of carboxylic acids is 1. The van der Waals surface area contributed by atoms with Gasteiger partial charge in [-0.15, -0.1) is 0 Å². The van der Waals surface area contributed by atoms with Gasteiger partial charge in [-0.1, -0.05) is 41.9 Å². The van der Waals surface area contributed by atoms with Gasteiger partial charge in [0.1, 0.15) is 18.2 Å². The van der Waals surface area contributed by atoms with E-state index in [-0.39, 0.29) is 23.6 Å². The van der Waals surface area contributed by atoms with Gasteiger partial charge < -0.3 is 14.7 Å². The second-order valence-electron chi connectivity index (χ2n) is 9.21. The summed E-state index contributed by atoms with van der Waals surface area (Å²) < 4.78 is 8.31. The summed E-state index contributed by atoms with van der Waals surface area (Å²) >= 11 is 3.44. The van der Waals surface area contributed by atoms with E-state index in [4.69, 9.17) is 14.8 Å². The fraction of sp³-hybridized carbons (Fsp3) is 0.241. The molecule has 1 aromatic heterocycles. The molecule has 38 heavy (non-hydrogen) atoms. The van der Waals surface area contributed by atoms with Crippen LogP contribution in [0.1, 0.15) is 53.5 Å². The van der Waals surface area contributed by atoms with Gasteiger partial charge in [0, 0.05) is 41.8 Å². The van der Waals surface area contributed by atoms with Gasteiger partial charge >= 0.3 is 5.97 Å². The monoisotopic (exact) mass is 576 g/mol. The van der Waals surface area contributed by atoms with Crippen LogP contribution in [0.15, 0.2) is 75.0 Å². The molecule has 0 saturated heterocycles. The number of rotatable bonds is 9. The van der Waals surface area contributed by atoms with Crippen molar-refractivity contribution in [2.75, 3.05) is 19.0 Å². The lowest BCUT2D eigenvalue weighted by atomic mass is 10.1. The Morgan fingerprint density at radius 3 is 2.55 bits per heavy atom. The molecule has 4 rings (SSSR count). The summed E-state index contributed by atoms with van der Waals surface area (Å²) in [5.41, 5.74) is 3.06. The molecule has 0 fully saturated rings. The molecule has 0 aliphatic heterocycles. The maximum absolute atomic E-state index is 13.5. The Hall–Kier alpha value is -3.98. The third-order valence-electron chi connectivity index (χ3n) is 6.31. The molecule has 0 amide bonds. The molecule has 0 aliphatic rings. The number of aromatic carboxylic acids is 1. The summed E-state index contributed by atoms with van der Waals surface area (Å²) in [6.07, 6.45) is 2.41. The van der Waals surface area contributed by atoms with Crippen molar-refractivity contribution in [2.24, 2.45) is 5.10 Å². The molecule has 4 aromatic rings. The summed E-state index contributed by atoms with van der Waals surface area (Å²) in [6, 6.07) is 17.7. The third kappa shape index (κ3) is 5.94. The normalized spacial score (nSPS) is 12.1. The van der Waals surface area contributed by atoms with Crippen molar-refractivity contribution < 1.29 is 14.6 Å². The molecule has 1 N–H and O–H groups in total. The van der Waals surface area contributed by atoms with Crippen molar-refractivity contribution >= 4 is 44.7 Å². The lowest BCUT2D eigenvalue weighted by molar-refractivity contribution is 0.0697. The molecule has 0 spiro atoms. The molecule has 0 radical (unpaired) electrons. The van der Waals surface area contributed by atoms with Gasteiger partial charge in [0.05, 0.1) is 22.7 Å². The van der Waals surface area contributed by atoms with Gasteiger partial charge in [0.15, 0.2) is 0 Å². The maximum Gasteiger partial charge on any atom is 0.335 e. The van der Waals surface area contributed by atoms with Gasteiger partial charge in [0.2, 0.25) is 0 Å². The fourth-order valence-electron chi connectivity index (χ4n) is 3.84. The standard InChI is InChI=1S/C29H29BrN4O4/c1-5-18(2)27-32-25-13-11-22(30)14-24(25)28(35)34(27)31-16-21-10-12-23(33(3)4)15-26(21)38-17-19-6-8-20(9-7-19)29(36)37/h6-16,18H,5,17H2,1-4H3,(H,36,37)/t18-/m1/s1. The zero-order valence-corrected chi connectivity index (χ0v) is 23.3. The second kappa shape index (κ2) is 11.6. The highest BCUT2D eigenvalue weighted by Crippen LogP contribution is 2.26. The fourth-order valence-corrected chi connectivity index (χ4v) is 4.20. The van der Waals surface area contributed by atoms with Crippen molar-refractivity contribution in [1.82, 2.24) is 9.66 Å². The molecule has 196 valence electrons. The minimum absolute atomic E-state index is 0.0218. The van der Waals surface area contributed by atoms with E-state index in [1.54, 1.807) is 36.5 Å². The number of anilines is 1. The highest BCUT2D eigenvalue weighted by molar-refractivity contribution is 9.10. The average molecular weight is 577 g/mol. The van der Waals surface area contributed by atoms with Gasteiger partial charge in [-0.25, -0.2) is 9.78 Å². The quantitative estimate of drug-likeness (QED) is 0.249. The number of fused-ring (bicyclic) bond motifs is 1. The van der Waals surface area contributed by atoms with Crippen LogP contribution in [0.4, 0.5) is 5.69 Å². The molecule has 8 nitrogen and oxygen atoms in total. The van der Waals surface area contributed by atoms with Crippen molar-refractivity contribution in [2.45, 2.75) is 32.8 Å². The number of carboxylic acid groups (broad SMARTS) is 1. The van der Waals surface area contributed by atoms with Crippen LogP contribution in [0.5, 0.6) is 5.75 Å².